The van der Waals surface area contributed by atoms with Gasteiger partial charge in [-0.2, -0.15) is 35.5 Å². The van der Waals surface area contributed by atoms with Gasteiger partial charge in [-0.05, 0) is 24.3 Å². The molecular formula is C19H18BClF4INO4. The van der Waals surface area contributed by atoms with Crippen LogP contribution >= 0.6 is 34.0 Å². The molecule has 2 aromatic carbocycles. The first-order chi connectivity index (χ1) is 14.6. The molecular weight excluding hydrogens is 555 g/mol. The van der Waals surface area contributed by atoms with Crippen molar-refractivity contribution in [2.75, 3.05) is 6.54 Å². The van der Waals surface area contributed by atoms with E-state index in [4.69, 9.17) is 21.4 Å². The number of hydrogen-bond acceptors (Lipinski definition) is 3. The van der Waals surface area contributed by atoms with Gasteiger partial charge in [-0.3, -0.25) is 9.59 Å². The van der Waals surface area contributed by atoms with E-state index in [0.29, 0.717) is 6.07 Å². The molecule has 31 heavy (non-hydrogen) atoms. The maximum atomic E-state index is 14.4. The third kappa shape index (κ3) is 9.34. The highest BCUT2D eigenvalue weighted by Crippen LogP contribution is 2.35. The number of rotatable bonds is 6. The van der Waals surface area contributed by atoms with Crippen molar-refractivity contribution in [1.29, 1.82) is 0 Å². The number of hydrogen-bond donors (Lipinski definition) is 2. The summed E-state index contributed by atoms with van der Waals surface area (Å²) in [6.45, 7) is 2.91. The molecule has 2 aromatic rings. The van der Waals surface area contributed by atoms with Crippen molar-refractivity contribution in [2.24, 2.45) is 0 Å². The third-order valence-corrected chi connectivity index (χ3v) is 3.66. The molecule has 5 nitrogen and oxygen atoms in total. The first-order valence-electron chi connectivity index (χ1n) is 8.58. The molecule has 0 aromatic heterocycles. The highest BCUT2D eigenvalue weighted by molar-refractivity contribution is 14.1. The number of amides is 1. The second kappa shape index (κ2) is 14.1. The van der Waals surface area contributed by atoms with Gasteiger partial charge in [0.05, 0.1) is 16.1 Å². The van der Waals surface area contributed by atoms with Gasteiger partial charge in [-0.15, -0.1) is 0 Å². The lowest BCUT2D eigenvalue weighted by atomic mass is 10.1. The molecule has 0 unspecified atom stereocenters. The van der Waals surface area contributed by atoms with Gasteiger partial charge < -0.3 is 15.2 Å². The lowest BCUT2D eigenvalue weighted by molar-refractivity contribution is -0.138. The lowest BCUT2D eigenvalue weighted by Crippen LogP contribution is -2.30. The number of halogens is 6. The first-order valence-corrected chi connectivity index (χ1v) is 10.2. The summed E-state index contributed by atoms with van der Waals surface area (Å²) in [6, 6.07) is 6.27. The van der Waals surface area contributed by atoms with Gasteiger partial charge in [0.2, 0.25) is 0 Å². The van der Waals surface area contributed by atoms with E-state index in [-0.39, 0.29) is 16.3 Å². The Morgan fingerprint density at radius 3 is 2.32 bits per heavy atom. The van der Waals surface area contributed by atoms with Crippen LogP contribution in [-0.2, 0) is 17.6 Å². The summed E-state index contributed by atoms with van der Waals surface area (Å²) >= 11 is 7.41. The predicted molar refractivity (Wildman–Crippen MR) is 118 cm³/mol. The molecule has 0 aliphatic heterocycles. The van der Waals surface area contributed by atoms with Gasteiger partial charge in [0, 0.05) is 5.56 Å². The minimum Gasteiger partial charge on any atom is -0.487 e. The number of alkyl halides is 3. The van der Waals surface area contributed by atoms with E-state index >= 15 is 0 Å². The number of ether oxygens (including phenoxy) is 1. The van der Waals surface area contributed by atoms with Crippen LogP contribution in [0.2, 0.25) is 5.02 Å². The van der Waals surface area contributed by atoms with Crippen molar-refractivity contribution in [3.05, 3.63) is 63.9 Å². The Morgan fingerprint density at radius 1 is 1.19 bits per heavy atom. The molecule has 0 heterocycles. The number of benzene rings is 2. The minimum atomic E-state index is -4.56. The molecule has 168 valence electrons. The van der Waals surface area contributed by atoms with Gasteiger partial charge in [-0.1, -0.05) is 37.6 Å². The van der Waals surface area contributed by atoms with Crippen molar-refractivity contribution in [2.45, 2.75) is 26.6 Å². The quantitative estimate of drug-likeness (QED) is 0.275. The van der Waals surface area contributed by atoms with Crippen LogP contribution in [0.15, 0.2) is 36.4 Å². The molecule has 0 saturated carbocycles. The number of aliphatic carboxylic acids is 1. The first kappa shape index (κ1) is 29.0. The van der Waals surface area contributed by atoms with Crippen LogP contribution in [-0.4, -0.2) is 29.2 Å². The Morgan fingerprint density at radius 2 is 1.81 bits per heavy atom. The zero-order chi connectivity index (χ0) is 24.2. The lowest BCUT2D eigenvalue weighted by Gasteiger charge is -2.12. The van der Waals surface area contributed by atoms with Gasteiger partial charge in [0.15, 0.2) is 5.70 Å². The van der Waals surface area contributed by atoms with Crippen LogP contribution < -0.4 is 10.1 Å². The molecule has 2 N–H and O–H groups in total. The zero-order valence-electron chi connectivity index (χ0n) is 16.4. The molecule has 1 amide bonds. The maximum absolute atomic E-state index is 14.4. The van der Waals surface area contributed by atoms with Crippen molar-refractivity contribution in [3.8, 4) is 5.75 Å². The average Bonchev–Trinajstić information content (AvgIpc) is 2.74. The monoisotopic (exact) mass is 573 g/mol. The predicted octanol–water partition coefficient (Wildman–Crippen LogP) is 5.42. The molecule has 12 heteroatoms. The van der Waals surface area contributed by atoms with Crippen LogP contribution in [0.1, 0.15) is 35.3 Å². The van der Waals surface area contributed by atoms with Crippen LogP contribution in [0.25, 0.3) is 0 Å². The molecule has 0 spiro atoms. The van der Waals surface area contributed by atoms with Crippen molar-refractivity contribution < 1.29 is 37.0 Å². The molecule has 0 atom stereocenters. The summed E-state index contributed by atoms with van der Waals surface area (Å²) in [5.41, 5.74) is 3.06. The normalized spacial score (nSPS) is 10.1. The number of nitrogens with one attached hydrogen (secondary N) is 1. The minimum absolute atomic E-state index is 0.0612. The molecule has 0 saturated heterocycles. The fraction of sp³-hybridized carbons (Fsp3) is 0.263. The van der Waals surface area contributed by atoms with E-state index in [1.54, 1.807) is 22.4 Å². The molecule has 0 bridgehead atoms. The topological polar surface area (TPSA) is 75.6 Å². The molecule has 2 rings (SSSR count). The summed E-state index contributed by atoms with van der Waals surface area (Å²) in [5, 5.41) is 10.2. The molecule has 0 fully saturated rings. The Hall–Kier alpha value is -2.02. The molecule has 2 radical (unpaired) electrons. The number of carboxylic acids is 1. The average molecular weight is 574 g/mol. The second-order valence-corrected chi connectivity index (χ2v) is 5.69. The van der Waals surface area contributed by atoms with E-state index < -0.39 is 48.1 Å². The standard InChI is InChI=1S/C17H12ClF4NO4.C2H6.BI/c18-12-6-10(17(20,21)22)4-5-13(12)27-8-9-2-1-3-11(15(9)19)16(26)23-7-14(24)25;2*1-2/h1-6H,7-8H2,(H,23,26)(H,24,25);1-2H3;. The highest BCUT2D eigenvalue weighted by Gasteiger charge is 2.31. The van der Waals surface area contributed by atoms with Crippen LogP contribution in [0.3, 0.4) is 0 Å². The zero-order valence-corrected chi connectivity index (χ0v) is 19.3. The van der Waals surface area contributed by atoms with Crippen LogP contribution in [0, 0.1) is 5.82 Å². The smallest absolute Gasteiger partial charge is 0.416 e. The van der Waals surface area contributed by atoms with Crippen molar-refractivity contribution in [1.82, 2.24) is 5.32 Å². The van der Waals surface area contributed by atoms with Crippen molar-refractivity contribution in [3.63, 3.8) is 0 Å². The van der Waals surface area contributed by atoms with Crippen molar-refractivity contribution >= 4 is 51.6 Å². The van der Waals surface area contributed by atoms with Gasteiger partial charge in [0.1, 0.15) is 24.7 Å². The van der Waals surface area contributed by atoms with E-state index in [1.807, 2.05) is 19.2 Å². The largest absolute Gasteiger partial charge is 0.487 e. The summed E-state index contributed by atoms with van der Waals surface area (Å²) in [4.78, 5) is 22.3. The Bertz CT molecular complexity index is 884. The Labute approximate surface area is 196 Å². The maximum Gasteiger partial charge on any atom is 0.416 e. The Kier molecular flexibility index (Phi) is 13.2. The fourth-order valence-electron chi connectivity index (χ4n) is 2.07. The number of carbonyl (C=O) groups is 2. The highest BCUT2D eigenvalue weighted by atomic mass is 127. The van der Waals surface area contributed by atoms with Crippen LogP contribution in [0.5, 0.6) is 5.75 Å². The van der Waals surface area contributed by atoms with Crippen LogP contribution in [0.4, 0.5) is 17.6 Å². The van der Waals surface area contributed by atoms with Gasteiger partial charge >= 0.3 is 12.1 Å². The molecule has 0 aliphatic rings. The van der Waals surface area contributed by atoms with E-state index in [1.165, 1.54) is 12.1 Å². The van der Waals surface area contributed by atoms with E-state index in [0.717, 1.165) is 18.2 Å². The fourth-order valence-corrected chi connectivity index (χ4v) is 2.30. The number of carbonyl (C=O) groups excluding carboxylic acids is 1. The second-order valence-electron chi connectivity index (χ2n) is 5.29. The third-order valence-electron chi connectivity index (χ3n) is 3.37. The summed E-state index contributed by atoms with van der Waals surface area (Å²) in [7, 11) is 0. The molecule has 0 aliphatic carbocycles. The summed E-state index contributed by atoms with van der Waals surface area (Å²) in [5.74, 6) is -3.25. The van der Waals surface area contributed by atoms with E-state index in [9.17, 15) is 27.2 Å². The summed E-state index contributed by atoms with van der Waals surface area (Å²) in [6.07, 6.45) is -4.56. The van der Waals surface area contributed by atoms with Gasteiger partial charge in [-0.25, -0.2) is 4.39 Å². The summed E-state index contributed by atoms with van der Waals surface area (Å²) < 4.78 is 57.5. The van der Waals surface area contributed by atoms with Gasteiger partial charge in [0.25, 0.3) is 5.91 Å². The number of carboxylic acid groups (broad SMARTS) is 1. The van der Waals surface area contributed by atoms with E-state index in [2.05, 4.69) is 5.70 Å². The Balaban J connectivity index is 0.00000212. The SMILES string of the molecule is CC.O=C(O)CNC(=O)c1cccc(COc2ccc(C(F)(F)F)cc2Cl)c1F.[B]I.